The second kappa shape index (κ2) is 7.80. The summed E-state index contributed by atoms with van der Waals surface area (Å²) in [5, 5.41) is 0. The Morgan fingerprint density at radius 3 is 1.33 bits per heavy atom. The van der Waals surface area contributed by atoms with Gasteiger partial charge in [0.25, 0.3) is 0 Å². The van der Waals surface area contributed by atoms with Gasteiger partial charge in [0.15, 0.2) is 0 Å². The van der Waals surface area contributed by atoms with Gasteiger partial charge in [0.1, 0.15) is 0 Å². The first kappa shape index (κ1) is 13.3. The fourth-order valence-electron chi connectivity index (χ4n) is 0. The molecule has 0 aromatic rings. The third-order valence-corrected chi connectivity index (χ3v) is 2.06. The van der Waals surface area contributed by atoms with Gasteiger partial charge in [-0.2, -0.15) is 0 Å². The minimum Gasteiger partial charge on any atom is -0.368 e. The Morgan fingerprint density at radius 1 is 1.22 bits per heavy atom. The molecular weight excluding hydrogens is 167 g/mol. The van der Waals surface area contributed by atoms with Crippen molar-refractivity contribution in [3.63, 3.8) is 0 Å². The average Bonchev–Trinajstić information content (AvgIpc) is 1.61. The molecule has 0 aliphatic heterocycles. The van der Waals surface area contributed by atoms with Gasteiger partial charge in [0.05, 0.1) is 0 Å². The SMILES string of the molecule is CC[CH2][K].O[Si](O)(O)O. The molecule has 0 atom stereocenters. The van der Waals surface area contributed by atoms with Gasteiger partial charge in [0, 0.05) is 0 Å². The van der Waals surface area contributed by atoms with Crippen molar-refractivity contribution in [3.05, 3.63) is 0 Å². The smallest absolute Gasteiger partial charge is 0.368 e. The van der Waals surface area contributed by atoms with Gasteiger partial charge in [-0.3, -0.25) is 0 Å². The van der Waals surface area contributed by atoms with E-state index in [1.807, 2.05) is 0 Å². The largest absolute Gasteiger partial charge is 0.668 e. The van der Waals surface area contributed by atoms with Crippen LogP contribution in [0.2, 0.25) is 0.515 Å². The molecule has 0 aliphatic carbocycles. The molecule has 4 nitrogen and oxygen atoms in total. The van der Waals surface area contributed by atoms with E-state index in [1.165, 1.54) is 6.94 Å². The van der Waals surface area contributed by atoms with E-state index < -0.39 is 9.05 Å². The van der Waals surface area contributed by atoms with E-state index in [1.54, 1.807) is 0 Å². The Bertz CT molecular complexity index is 46.3. The van der Waals surface area contributed by atoms with Crippen LogP contribution in [-0.4, -0.2) is 77.2 Å². The van der Waals surface area contributed by atoms with E-state index in [4.69, 9.17) is 19.2 Å². The van der Waals surface area contributed by atoms with E-state index in [2.05, 4.69) is 6.92 Å². The van der Waals surface area contributed by atoms with Gasteiger partial charge in [-0.05, 0) is 0 Å². The quantitative estimate of drug-likeness (QED) is 0.364. The van der Waals surface area contributed by atoms with E-state index in [-0.39, 0.29) is 0 Å². The minimum absolute atomic E-state index is 1.11. The topological polar surface area (TPSA) is 80.9 Å². The molecule has 0 saturated carbocycles. The molecule has 0 aromatic heterocycles. The number of hydrogen-bond acceptors (Lipinski definition) is 4. The number of hydrogen-bond donors (Lipinski definition) is 4. The second-order valence-electron chi connectivity index (χ2n) is 1.60. The molecule has 0 amide bonds. The first-order valence-corrected chi connectivity index (χ1v) is 6.81. The van der Waals surface area contributed by atoms with Crippen LogP contribution in [-0.2, 0) is 0 Å². The maximum absolute atomic E-state index is 7.33. The first-order valence-electron chi connectivity index (χ1n) is 2.81. The average molecular weight is 178 g/mol. The predicted octanol–water partition coefficient (Wildman–Crippen LogP) is -1.63. The summed E-state index contributed by atoms with van der Waals surface area (Å²) in [5.41, 5.74) is 0. The van der Waals surface area contributed by atoms with Crippen LogP contribution in [0.5, 0.6) is 0 Å². The van der Waals surface area contributed by atoms with Crippen molar-refractivity contribution in [1.82, 2.24) is 0 Å². The van der Waals surface area contributed by atoms with Crippen molar-refractivity contribution in [2.24, 2.45) is 0 Å². The molecule has 0 fully saturated rings. The zero-order valence-corrected chi connectivity index (χ0v) is 9.83. The van der Waals surface area contributed by atoms with Crippen molar-refractivity contribution in [1.29, 1.82) is 0 Å². The summed E-state index contributed by atoms with van der Waals surface area (Å²) in [7, 11) is -4.61. The van der Waals surface area contributed by atoms with Gasteiger partial charge < -0.3 is 19.2 Å². The molecule has 9 heavy (non-hydrogen) atoms. The predicted molar refractivity (Wildman–Crippen MR) is 35.5 cm³/mol. The Morgan fingerprint density at radius 2 is 1.33 bits per heavy atom. The molecule has 6 heteroatoms. The third-order valence-electron chi connectivity index (χ3n) is 0.500. The van der Waals surface area contributed by atoms with Gasteiger partial charge in [0.2, 0.25) is 0 Å². The van der Waals surface area contributed by atoms with Crippen molar-refractivity contribution in [3.8, 4) is 0 Å². The van der Waals surface area contributed by atoms with Crippen LogP contribution in [0.1, 0.15) is 13.3 Å². The zero-order valence-electron chi connectivity index (χ0n) is 5.70. The van der Waals surface area contributed by atoms with E-state index in [0.29, 0.717) is 0 Å². The molecule has 0 spiro atoms. The van der Waals surface area contributed by atoms with Crippen LogP contribution in [0, 0.1) is 0 Å². The monoisotopic (exact) mass is 178 g/mol. The van der Waals surface area contributed by atoms with Gasteiger partial charge in [-0.15, -0.1) is 0 Å². The molecule has 0 bridgehead atoms. The summed E-state index contributed by atoms with van der Waals surface area (Å²) >= 11 is 1.11. The Hall–Kier alpha value is 1.69. The van der Waals surface area contributed by atoms with Crippen molar-refractivity contribution in [2.45, 2.75) is 13.9 Å². The van der Waals surface area contributed by atoms with Crippen LogP contribution >= 0.6 is 0 Å². The van der Waals surface area contributed by atoms with Gasteiger partial charge >= 0.3 is 71.9 Å². The maximum Gasteiger partial charge on any atom is 0.668 e. The fourth-order valence-corrected chi connectivity index (χ4v) is 0. The normalized spacial score (nSPS) is 10.1. The minimum atomic E-state index is -4.61. The summed E-state index contributed by atoms with van der Waals surface area (Å²) in [6, 6.07) is 0. The molecule has 0 aromatic carbocycles. The first-order chi connectivity index (χ1) is 3.91. The molecule has 4 N–H and O–H groups in total. The van der Waals surface area contributed by atoms with Crippen LogP contribution in [0.4, 0.5) is 0 Å². The Kier molecular flexibility index (Phi) is 11.5. The van der Waals surface area contributed by atoms with Crippen molar-refractivity contribution in [2.75, 3.05) is 0 Å². The molecule has 0 rings (SSSR count). The summed E-state index contributed by atoms with van der Waals surface area (Å²) in [4.78, 5) is 29.3. The summed E-state index contributed by atoms with van der Waals surface area (Å²) in [6.07, 6.45) is 1.40. The fraction of sp³-hybridized carbons (Fsp3) is 1.00. The summed E-state index contributed by atoms with van der Waals surface area (Å²) < 4.78 is 1.51. The number of rotatable bonds is 1. The van der Waals surface area contributed by atoms with Gasteiger partial charge in [-0.25, -0.2) is 0 Å². The van der Waals surface area contributed by atoms with E-state index in [9.17, 15) is 0 Å². The molecule has 0 radical (unpaired) electrons. The maximum atomic E-state index is 7.33. The molecular formula is C3H11KO4Si. The second-order valence-corrected chi connectivity index (χ2v) is 4.36. The Balaban J connectivity index is 0. The standard InChI is InChI=1S/C3H7.K.H4O4Si/c1-3-2;;1-5(2,3)4/h1,3H2,2H3;;1-4H. The van der Waals surface area contributed by atoms with Crippen LogP contribution < -0.4 is 0 Å². The summed E-state index contributed by atoms with van der Waals surface area (Å²) in [5.74, 6) is 0. The van der Waals surface area contributed by atoms with E-state index in [0.717, 1.165) is 49.0 Å². The Labute approximate surface area is 89.6 Å². The van der Waals surface area contributed by atoms with Crippen molar-refractivity contribution >= 4 is 58.0 Å². The van der Waals surface area contributed by atoms with Crippen molar-refractivity contribution < 1.29 is 19.2 Å². The molecule has 0 unspecified atom stereocenters. The zero-order chi connectivity index (χ0) is 7.91. The van der Waals surface area contributed by atoms with Crippen LogP contribution in [0.25, 0.3) is 0 Å². The van der Waals surface area contributed by atoms with Gasteiger partial charge in [-0.1, -0.05) is 0 Å². The summed E-state index contributed by atoms with van der Waals surface area (Å²) in [6.45, 7) is 2.23. The molecule has 0 aliphatic rings. The van der Waals surface area contributed by atoms with E-state index >= 15 is 0 Å². The molecule has 0 saturated heterocycles. The third kappa shape index (κ3) is 79.1. The molecule has 52 valence electrons. The van der Waals surface area contributed by atoms with Crippen LogP contribution in [0.15, 0.2) is 0 Å². The molecule has 0 heterocycles. The van der Waals surface area contributed by atoms with Crippen LogP contribution in [0.3, 0.4) is 0 Å².